The van der Waals surface area contributed by atoms with Crippen molar-refractivity contribution >= 4 is 10.0 Å². The minimum atomic E-state index is -2.99. The van der Waals surface area contributed by atoms with Crippen molar-refractivity contribution in [1.29, 1.82) is 0 Å². The second-order valence-corrected chi connectivity index (χ2v) is 6.95. The van der Waals surface area contributed by atoms with Crippen molar-refractivity contribution in [3.05, 3.63) is 0 Å². The van der Waals surface area contributed by atoms with Gasteiger partial charge in [0.25, 0.3) is 0 Å². The lowest BCUT2D eigenvalue weighted by Crippen LogP contribution is -2.50. The van der Waals surface area contributed by atoms with Crippen LogP contribution in [0.15, 0.2) is 0 Å². The molecule has 6 heteroatoms. The van der Waals surface area contributed by atoms with Gasteiger partial charge in [-0.05, 0) is 20.5 Å². The summed E-state index contributed by atoms with van der Waals surface area (Å²) < 4.78 is 25.4. The van der Waals surface area contributed by atoms with Crippen LogP contribution in [0.5, 0.6) is 0 Å². The highest BCUT2D eigenvalue weighted by Crippen LogP contribution is 2.08. The molecule has 1 aliphatic rings. The quantitative estimate of drug-likeness (QED) is 0.671. The summed E-state index contributed by atoms with van der Waals surface area (Å²) in [7, 11) is 1.12. The van der Waals surface area contributed by atoms with Crippen LogP contribution in [0.3, 0.4) is 0 Å². The standard InChI is InChI=1S/C11H25N3O2S/c1-4-11-17(15,16)14-9-7-13(8-10-14)6-5-12(2)3/h4-11H2,1-3H3. The predicted octanol–water partition coefficient (Wildman–Crippen LogP) is -0.0946. The normalized spacial score (nSPS) is 20.0. The third kappa shape index (κ3) is 4.91. The lowest BCUT2D eigenvalue weighted by molar-refractivity contribution is 0.174. The molecule has 0 unspecified atom stereocenters. The average molecular weight is 263 g/mol. The Hall–Kier alpha value is -0.170. The van der Waals surface area contributed by atoms with Gasteiger partial charge in [0, 0.05) is 39.3 Å². The first-order valence-corrected chi connectivity index (χ1v) is 7.91. The van der Waals surface area contributed by atoms with E-state index in [2.05, 4.69) is 23.9 Å². The van der Waals surface area contributed by atoms with Crippen molar-refractivity contribution in [3.63, 3.8) is 0 Å². The molecule has 0 amide bonds. The Morgan fingerprint density at radius 2 is 1.71 bits per heavy atom. The summed E-state index contributed by atoms with van der Waals surface area (Å²) in [6, 6.07) is 0. The molecule has 0 radical (unpaired) electrons. The zero-order chi connectivity index (χ0) is 12.9. The fourth-order valence-corrected chi connectivity index (χ4v) is 3.45. The lowest BCUT2D eigenvalue weighted by Gasteiger charge is -2.34. The van der Waals surface area contributed by atoms with E-state index in [0.717, 1.165) is 26.2 Å². The van der Waals surface area contributed by atoms with Crippen LogP contribution in [0.1, 0.15) is 13.3 Å². The van der Waals surface area contributed by atoms with Crippen LogP contribution >= 0.6 is 0 Å². The van der Waals surface area contributed by atoms with Gasteiger partial charge in [-0.1, -0.05) is 6.92 Å². The molecule has 0 aromatic carbocycles. The Labute approximate surface area is 105 Å². The fraction of sp³-hybridized carbons (Fsp3) is 1.00. The van der Waals surface area contributed by atoms with Crippen LogP contribution in [-0.4, -0.2) is 81.6 Å². The molecular weight excluding hydrogens is 238 g/mol. The number of hydrogen-bond acceptors (Lipinski definition) is 4. The van der Waals surface area contributed by atoms with Crippen LogP contribution in [0.25, 0.3) is 0 Å². The highest BCUT2D eigenvalue weighted by molar-refractivity contribution is 7.89. The van der Waals surface area contributed by atoms with E-state index in [-0.39, 0.29) is 5.75 Å². The van der Waals surface area contributed by atoms with Crippen molar-refractivity contribution in [2.24, 2.45) is 0 Å². The number of nitrogens with zero attached hydrogens (tertiary/aromatic N) is 3. The van der Waals surface area contributed by atoms with Crippen molar-refractivity contribution in [2.75, 3.05) is 59.1 Å². The van der Waals surface area contributed by atoms with Gasteiger partial charge in [0.2, 0.25) is 10.0 Å². The predicted molar refractivity (Wildman–Crippen MR) is 70.6 cm³/mol. The summed E-state index contributed by atoms with van der Waals surface area (Å²) in [6.45, 7) is 6.97. The molecular formula is C11H25N3O2S. The van der Waals surface area contributed by atoms with Gasteiger partial charge < -0.3 is 4.90 Å². The highest BCUT2D eigenvalue weighted by atomic mass is 32.2. The second-order valence-electron chi connectivity index (χ2n) is 4.86. The summed E-state index contributed by atoms with van der Waals surface area (Å²) in [5.41, 5.74) is 0. The molecule has 102 valence electrons. The van der Waals surface area contributed by atoms with E-state index >= 15 is 0 Å². The highest BCUT2D eigenvalue weighted by Gasteiger charge is 2.25. The molecule has 1 rings (SSSR count). The van der Waals surface area contributed by atoms with Crippen molar-refractivity contribution < 1.29 is 8.42 Å². The average Bonchev–Trinajstić information content (AvgIpc) is 2.27. The maximum Gasteiger partial charge on any atom is 0.214 e. The molecule has 1 heterocycles. The van der Waals surface area contributed by atoms with Crippen LogP contribution in [0.4, 0.5) is 0 Å². The van der Waals surface area contributed by atoms with Gasteiger partial charge in [0.15, 0.2) is 0 Å². The molecule has 0 saturated carbocycles. The van der Waals surface area contributed by atoms with Gasteiger partial charge in [-0.2, -0.15) is 4.31 Å². The maximum absolute atomic E-state index is 11.9. The van der Waals surface area contributed by atoms with E-state index in [1.165, 1.54) is 0 Å². The zero-order valence-electron chi connectivity index (χ0n) is 11.2. The van der Waals surface area contributed by atoms with Crippen molar-refractivity contribution in [3.8, 4) is 0 Å². The van der Waals surface area contributed by atoms with Gasteiger partial charge in [0.1, 0.15) is 0 Å². The van der Waals surface area contributed by atoms with Crippen LogP contribution in [-0.2, 0) is 10.0 Å². The van der Waals surface area contributed by atoms with Gasteiger partial charge >= 0.3 is 0 Å². The number of rotatable bonds is 6. The van der Waals surface area contributed by atoms with Gasteiger partial charge in [0.05, 0.1) is 5.75 Å². The molecule has 0 aliphatic carbocycles. The summed E-state index contributed by atoms with van der Waals surface area (Å²) in [5.74, 6) is 0.282. The number of sulfonamides is 1. The molecule has 1 fully saturated rings. The first kappa shape index (κ1) is 14.9. The summed E-state index contributed by atoms with van der Waals surface area (Å²) >= 11 is 0. The van der Waals surface area contributed by atoms with E-state index < -0.39 is 10.0 Å². The van der Waals surface area contributed by atoms with Crippen LogP contribution in [0.2, 0.25) is 0 Å². The molecule has 17 heavy (non-hydrogen) atoms. The largest absolute Gasteiger partial charge is 0.308 e. The van der Waals surface area contributed by atoms with E-state index in [1.54, 1.807) is 4.31 Å². The molecule has 1 aliphatic heterocycles. The monoisotopic (exact) mass is 263 g/mol. The second kappa shape index (κ2) is 6.68. The molecule has 0 aromatic heterocycles. The minimum Gasteiger partial charge on any atom is -0.308 e. The Balaban J connectivity index is 2.35. The fourth-order valence-electron chi connectivity index (χ4n) is 1.96. The summed E-state index contributed by atoms with van der Waals surface area (Å²) in [5, 5.41) is 0. The molecule has 0 N–H and O–H groups in total. The Morgan fingerprint density at radius 1 is 1.12 bits per heavy atom. The first-order valence-electron chi connectivity index (χ1n) is 6.30. The molecule has 1 saturated heterocycles. The smallest absolute Gasteiger partial charge is 0.214 e. The SMILES string of the molecule is CCCS(=O)(=O)N1CCN(CCN(C)C)CC1. The minimum absolute atomic E-state index is 0.282. The van der Waals surface area contributed by atoms with Gasteiger partial charge in [-0.25, -0.2) is 8.42 Å². The van der Waals surface area contributed by atoms with Crippen molar-refractivity contribution in [2.45, 2.75) is 13.3 Å². The summed E-state index contributed by atoms with van der Waals surface area (Å²) in [6.07, 6.45) is 0.698. The number of likely N-dealkylation sites (N-methyl/N-ethyl adjacent to an activating group) is 1. The van der Waals surface area contributed by atoms with Crippen molar-refractivity contribution in [1.82, 2.24) is 14.1 Å². The molecule has 0 spiro atoms. The third-order valence-corrected chi connectivity index (χ3v) is 5.13. The lowest BCUT2D eigenvalue weighted by atomic mass is 10.3. The molecule has 5 nitrogen and oxygen atoms in total. The Kier molecular flexibility index (Phi) is 5.85. The topological polar surface area (TPSA) is 43.9 Å². The number of piperazine rings is 1. The molecule has 0 bridgehead atoms. The van der Waals surface area contributed by atoms with E-state index in [1.807, 2.05) is 6.92 Å². The van der Waals surface area contributed by atoms with E-state index in [4.69, 9.17) is 0 Å². The Morgan fingerprint density at radius 3 is 2.18 bits per heavy atom. The van der Waals surface area contributed by atoms with E-state index in [9.17, 15) is 8.42 Å². The Bertz CT molecular complexity index is 309. The maximum atomic E-state index is 11.9. The van der Waals surface area contributed by atoms with Crippen LogP contribution < -0.4 is 0 Å². The third-order valence-electron chi connectivity index (χ3n) is 3.05. The zero-order valence-corrected chi connectivity index (χ0v) is 12.0. The molecule has 0 aromatic rings. The summed E-state index contributed by atoms with van der Waals surface area (Å²) in [4.78, 5) is 4.48. The molecule has 0 atom stereocenters. The van der Waals surface area contributed by atoms with Gasteiger partial charge in [-0.15, -0.1) is 0 Å². The van der Waals surface area contributed by atoms with Gasteiger partial charge in [-0.3, -0.25) is 4.90 Å². The van der Waals surface area contributed by atoms with Crippen LogP contribution in [0, 0.1) is 0 Å². The first-order chi connectivity index (χ1) is 7.95. The van der Waals surface area contributed by atoms with E-state index in [0.29, 0.717) is 19.5 Å². The number of hydrogen-bond donors (Lipinski definition) is 0.